The number of aliphatic hydroxyl groups is 1. The third-order valence-electron chi connectivity index (χ3n) is 4.73. The first kappa shape index (κ1) is 17.0. The highest BCUT2D eigenvalue weighted by atomic mass is 16.5. The monoisotopic (exact) mass is 310 g/mol. The number of aromatic nitrogens is 1. The summed E-state index contributed by atoms with van der Waals surface area (Å²) in [4.78, 5) is 14.1. The molecule has 0 saturated heterocycles. The molecule has 1 N–H and O–H groups in total. The summed E-state index contributed by atoms with van der Waals surface area (Å²) in [6.45, 7) is 3.74. The number of carbonyl (C=O) groups is 1. The molecule has 0 unspecified atom stereocenters. The van der Waals surface area contributed by atoms with Crippen LogP contribution in [0.15, 0.2) is 4.52 Å². The Balaban J connectivity index is 1.94. The lowest BCUT2D eigenvalue weighted by Crippen LogP contribution is -2.52. The van der Waals surface area contributed by atoms with E-state index in [1.807, 2.05) is 13.8 Å². The molecule has 0 bridgehead atoms. The van der Waals surface area contributed by atoms with Crippen LogP contribution < -0.4 is 0 Å². The second kappa shape index (κ2) is 7.24. The Labute approximate surface area is 131 Å². The molecule has 1 aromatic heterocycles. The van der Waals surface area contributed by atoms with Gasteiger partial charge in [0, 0.05) is 26.1 Å². The van der Waals surface area contributed by atoms with Crippen LogP contribution in [0.4, 0.5) is 0 Å². The number of likely N-dealkylation sites (N-methyl/N-ethyl adjacent to an activating group) is 1. The molecule has 1 fully saturated rings. The number of amides is 1. The van der Waals surface area contributed by atoms with Gasteiger partial charge in [0.15, 0.2) is 0 Å². The van der Waals surface area contributed by atoms with Crippen molar-refractivity contribution in [2.45, 2.75) is 64.2 Å². The van der Waals surface area contributed by atoms with Gasteiger partial charge in [-0.15, -0.1) is 0 Å². The summed E-state index contributed by atoms with van der Waals surface area (Å²) in [6.07, 6.45) is 2.82. The quantitative estimate of drug-likeness (QED) is 0.894. The lowest BCUT2D eigenvalue weighted by molar-refractivity contribution is -0.140. The third kappa shape index (κ3) is 3.50. The highest BCUT2D eigenvalue weighted by Crippen LogP contribution is 2.25. The van der Waals surface area contributed by atoms with Crippen molar-refractivity contribution in [2.75, 3.05) is 14.2 Å². The highest BCUT2D eigenvalue weighted by molar-refractivity contribution is 5.76. The van der Waals surface area contributed by atoms with Gasteiger partial charge in [-0.25, -0.2) is 0 Å². The Kier molecular flexibility index (Phi) is 5.58. The molecule has 1 aromatic rings. The van der Waals surface area contributed by atoms with Crippen LogP contribution in [0.3, 0.4) is 0 Å². The van der Waals surface area contributed by atoms with Crippen molar-refractivity contribution in [2.24, 2.45) is 0 Å². The molecule has 0 aliphatic heterocycles. The molecule has 6 nitrogen and oxygen atoms in total. The van der Waals surface area contributed by atoms with E-state index in [4.69, 9.17) is 9.26 Å². The average molecular weight is 310 g/mol. The molecule has 1 amide bonds. The second-order valence-corrected chi connectivity index (χ2v) is 6.07. The van der Waals surface area contributed by atoms with E-state index < -0.39 is 6.10 Å². The van der Waals surface area contributed by atoms with Gasteiger partial charge in [0.25, 0.3) is 0 Å². The van der Waals surface area contributed by atoms with E-state index in [-0.39, 0.29) is 18.1 Å². The van der Waals surface area contributed by atoms with Crippen LogP contribution in [0.25, 0.3) is 0 Å². The number of ether oxygens (including phenoxy) is 1. The Morgan fingerprint density at radius 3 is 2.77 bits per heavy atom. The van der Waals surface area contributed by atoms with E-state index in [0.29, 0.717) is 12.8 Å². The predicted molar refractivity (Wildman–Crippen MR) is 81.5 cm³/mol. The predicted octanol–water partition coefficient (Wildman–Crippen LogP) is 1.61. The maximum Gasteiger partial charge on any atom is 0.222 e. The molecule has 1 aliphatic rings. The maximum absolute atomic E-state index is 12.4. The molecule has 6 heteroatoms. The summed E-state index contributed by atoms with van der Waals surface area (Å²) >= 11 is 0. The topological polar surface area (TPSA) is 75.8 Å². The molecule has 3 atom stereocenters. The molecule has 0 radical (unpaired) electrons. The van der Waals surface area contributed by atoms with E-state index in [0.717, 1.165) is 36.3 Å². The fourth-order valence-electron chi connectivity index (χ4n) is 3.25. The number of rotatable bonds is 5. The van der Waals surface area contributed by atoms with Crippen LogP contribution in [0.5, 0.6) is 0 Å². The largest absolute Gasteiger partial charge is 0.388 e. The van der Waals surface area contributed by atoms with Gasteiger partial charge < -0.3 is 19.3 Å². The van der Waals surface area contributed by atoms with Crippen molar-refractivity contribution in [3.05, 3.63) is 17.0 Å². The van der Waals surface area contributed by atoms with Gasteiger partial charge in [-0.1, -0.05) is 5.16 Å². The smallest absolute Gasteiger partial charge is 0.222 e. The van der Waals surface area contributed by atoms with Crippen LogP contribution >= 0.6 is 0 Å². The summed E-state index contributed by atoms with van der Waals surface area (Å²) in [6, 6.07) is -0.170. The Hall–Kier alpha value is -1.40. The molecular weight excluding hydrogens is 284 g/mol. The van der Waals surface area contributed by atoms with Crippen LogP contribution in [-0.4, -0.2) is 53.5 Å². The zero-order valence-corrected chi connectivity index (χ0v) is 13.8. The maximum atomic E-state index is 12.4. The van der Waals surface area contributed by atoms with Crippen LogP contribution in [0.2, 0.25) is 0 Å². The van der Waals surface area contributed by atoms with Crippen molar-refractivity contribution in [3.63, 3.8) is 0 Å². The van der Waals surface area contributed by atoms with Gasteiger partial charge in [0.05, 0.1) is 17.8 Å². The number of aryl methyl sites for hydroxylation is 2. The lowest BCUT2D eigenvalue weighted by atomic mass is 9.88. The minimum atomic E-state index is -0.619. The molecule has 22 heavy (non-hydrogen) atoms. The standard InChI is InChI=1S/C16H26N2O4/c1-10-12(11(2)22-17-10)8-9-15(19)18(3)13-6-5-7-14(21-4)16(13)20/h13-14,16,20H,5-9H2,1-4H3/t13-,14-,16-/m1/s1. The Bertz CT molecular complexity index is 495. The molecular formula is C16H26N2O4. The molecule has 0 aromatic carbocycles. The first-order valence-corrected chi connectivity index (χ1v) is 7.84. The molecule has 1 heterocycles. The number of nitrogens with zero attached hydrogens (tertiary/aromatic N) is 2. The first-order chi connectivity index (χ1) is 10.5. The summed E-state index contributed by atoms with van der Waals surface area (Å²) in [7, 11) is 3.37. The van der Waals surface area contributed by atoms with Crippen molar-refractivity contribution in [1.29, 1.82) is 0 Å². The van der Waals surface area contributed by atoms with Gasteiger partial charge in [0.1, 0.15) is 11.9 Å². The highest BCUT2D eigenvalue weighted by Gasteiger charge is 2.35. The number of carbonyl (C=O) groups excluding carboxylic acids is 1. The van der Waals surface area contributed by atoms with Gasteiger partial charge in [-0.2, -0.15) is 0 Å². The van der Waals surface area contributed by atoms with E-state index in [2.05, 4.69) is 5.16 Å². The van der Waals surface area contributed by atoms with Crippen molar-refractivity contribution >= 4 is 5.91 Å². The Morgan fingerprint density at radius 2 is 2.18 bits per heavy atom. The molecule has 0 spiro atoms. The molecule has 1 saturated carbocycles. The van der Waals surface area contributed by atoms with Crippen LogP contribution in [0.1, 0.15) is 42.7 Å². The minimum absolute atomic E-state index is 0.0285. The molecule has 2 rings (SSSR count). The van der Waals surface area contributed by atoms with Crippen molar-refractivity contribution in [1.82, 2.24) is 10.1 Å². The summed E-state index contributed by atoms with van der Waals surface area (Å²) in [5.41, 5.74) is 1.84. The molecule has 1 aliphatic carbocycles. The SMILES string of the molecule is CO[C@@H]1CCC[C@@H](N(C)C(=O)CCc2c(C)noc2C)[C@H]1O. The average Bonchev–Trinajstić information content (AvgIpc) is 2.83. The summed E-state index contributed by atoms with van der Waals surface area (Å²) in [5.74, 6) is 0.797. The van der Waals surface area contributed by atoms with Crippen molar-refractivity contribution in [3.8, 4) is 0 Å². The number of hydrogen-bond donors (Lipinski definition) is 1. The van der Waals surface area contributed by atoms with Crippen LogP contribution in [0, 0.1) is 13.8 Å². The van der Waals surface area contributed by atoms with Gasteiger partial charge in [0.2, 0.25) is 5.91 Å². The molecule has 124 valence electrons. The van der Waals surface area contributed by atoms with Crippen LogP contribution in [-0.2, 0) is 16.0 Å². The fraction of sp³-hybridized carbons (Fsp3) is 0.750. The number of aliphatic hydroxyl groups excluding tert-OH is 1. The van der Waals surface area contributed by atoms with E-state index in [9.17, 15) is 9.90 Å². The van der Waals surface area contributed by atoms with Gasteiger partial charge >= 0.3 is 0 Å². The normalized spacial score (nSPS) is 25.2. The summed E-state index contributed by atoms with van der Waals surface area (Å²) in [5, 5.41) is 14.2. The van der Waals surface area contributed by atoms with Gasteiger partial charge in [-0.3, -0.25) is 4.79 Å². The number of hydrogen-bond acceptors (Lipinski definition) is 5. The lowest BCUT2D eigenvalue weighted by Gasteiger charge is -2.39. The first-order valence-electron chi connectivity index (χ1n) is 7.84. The van der Waals surface area contributed by atoms with E-state index in [1.54, 1.807) is 19.1 Å². The van der Waals surface area contributed by atoms with Gasteiger partial charge in [-0.05, 0) is 39.5 Å². The summed E-state index contributed by atoms with van der Waals surface area (Å²) < 4.78 is 10.4. The second-order valence-electron chi connectivity index (χ2n) is 6.07. The number of methoxy groups -OCH3 is 1. The minimum Gasteiger partial charge on any atom is -0.388 e. The van der Waals surface area contributed by atoms with E-state index >= 15 is 0 Å². The third-order valence-corrected chi connectivity index (χ3v) is 4.73. The zero-order chi connectivity index (χ0) is 16.3. The van der Waals surface area contributed by atoms with E-state index in [1.165, 1.54) is 0 Å². The Morgan fingerprint density at radius 1 is 1.45 bits per heavy atom. The fourth-order valence-corrected chi connectivity index (χ4v) is 3.25. The van der Waals surface area contributed by atoms with Crippen molar-refractivity contribution < 1.29 is 19.2 Å². The zero-order valence-electron chi connectivity index (χ0n) is 13.8.